The van der Waals surface area contributed by atoms with Gasteiger partial charge in [0.2, 0.25) is 5.91 Å². The monoisotopic (exact) mass is 509 g/mol. The average Bonchev–Trinajstić information content (AvgIpc) is 3.52. The van der Waals surface area contributed by atoms with Gasteiger partial charge in [0.15, 0.2) is 5.16 Å². The first-order valence-corrected chi connectivity index (χ1v) is 13.0. The minimum absolute atomic E-state index is 0.0694. The minimum atomic E-state index is -0.440. The van der Waals surface area contributed by atoms with E-state index in [-0.39, 0.29) is 23.8 Å². The molecule has 1 aliphatic carbocycles. The highest BCUT2D eigenvalue weighted by Gasteiger charge is 2.23. The van der Waals surface area contributed by atoms with Crippen LogP contribution in [0.15, 0.2) is 57.0 Å². The van der Waals surface area contributed by atoms with Gasteiger partial charge < -0.3 is 14.5 Å². The van der Waals surface area contributed by atoms with Crippen molar-refractivity contribution in [1.82, 2.24) is 9.55 Å². The molecule has 0 radical (unpaired) electrons. The predicted molar refractivity (Wildman–Crippen MR) is 135 cm³/mol. The number of ether oxygens (including phenoxy) is 1. The molecular formula is C25H23N3O5S2. The maximum Gasteiger partial charge on any atom is 0.337 e. The third-order valence-corrected chi connectivity index (χ3v) is 8.02. The standard InChI is InChI=1S/C25H23N3O5S2/c1-32-24(31)15-8-10-16(11-9-15)26-20(29)14-34-25-27-22-21(18-6-2-3-7-19(18)35-22)23(30)28(25)13-17-5-4-12-33-17/h4-5,8-12H,2-3,6-7,13-14H2,1H3,(H,26,29). The Balaban J connectivity index is 1.39. The van der Waals surface area contributed by atoms with E-state index in [0.717, 1.165) is 36.1 Å². The first-order chi connectivity index (χ1) is 17.0. The predicted octanol–water partition coefficient (Wildman–Crippen LogP) is 4.50. The van der Waals surface area contributed by atoms with Crippen LogP contribution in [0.5, 0.6) is 0 Å². The van der Waals surface area contributed by atoms with E-state index in [2.05, 4.69) is 10.1 Å². The number of rotatable bonds is 7. The van der Waals surface area contributed by atoms with E-state index in [1.165, 1.54) is 23.7 Å². The van der Waals surface area contributed by atoms with E-state index < -0.39 is 5.97 Å². The van der Waals surface area contributed by atoms with Crippen LogP contribution in [-0.2, 0) is 28.9 Å². The van der Waals surface area contributed by atoms with Crippen LogP contribution in [-0.4, -0.2) is 34.3 Å². The number of carbonyl (C=O) groups is 2. The quantitative estimate of drug-likeness (QED) is 0.222. The van der Waals surface area contributed by atoms with Crippen molar-refractivity contribution in [3.8, 4) is 0 Å². The van der Waals surface area contributed by atoms with Crippen LogP contribution in [0.3, 0.4) is 0 Å². The lowest BCUT2D eigenvalue weighted by molar-refractivity contribution is -0.113. The van der Waals surface area contributed by atoms with Gasteiger partial charge in [0, 0.05) is 10.6 Å². The number of anilines is 1. The molecule has 10 heteroatoms. The smallest absolute Gasteiger partial charge is 0.337 e. The molecule has 1 amide bonds. The lowest BCUT2D eigenvalue weighted by Crippen LogP contribution is -2.25. The van der Waals surface area contributed by atoms with Crippen molar-refractivity contribution in [1.29, 1.82) is 0 Å². The maximum atomic E-state index is 13.6. The highest BCUT2D eigenvalue weighted by molar-refractivity contribution is 7.99. The van der Waals surface area contributed by atoms with E-state index in [4.69, 9.17) is 9.40 Å². The van der Waals surface area contributed by atoms with Crippen LogP contribution in [0.1, 0.15) is 39.4 Å². The lowest BCUT2D eigenvalue weighted by Gasteiger charge is -2.13. The van der Waals surface area contributed by atoms with Gasteiger partial charge in [-0.15, -0.1) is 11.3 Å². The SMILES string of the molecule is COC(=O)c1ccc(NC(=O)CSc2nc3sc4c(c3c(=O)n2Cc2ccco2)CCCC4)cc1. The van der Waals surface area contributed by atoms with Crippen LogP contribution in [0.25, 0.3) is 10.2 Å². The van der Waals surface area contributed by atoms with Gasteiger partial charge in [-0.05, 0) is 67.6 Å². The lowest BCUT2D eigenvalue weighted by atomic mass is 9.97. The molecule has 0 saturated carbocycles. The number of amides is 1. The molecular weight excluding hydrogens is 486 g/mol. The number of thioether (sulfide) groups is 1. The normalized spacial score (nSPS) is 12.9. The molecule has 35 heavy (non-hydrogen) atoms. The summed E-state index contributed by atoms with van der Waals surface area (Å²) in [5, 5.41) is 3.99. The summed E-state index contributed by atoms with van der Waals surface area (Å²) in [6.45, 7) is 0.248. The zero-order valence-electron chi connectivity index (χ0n) is 19.0. The van der Waals surface area contributed by atoms with Crippen molar-refractivity contribution >= 4 is 50.9 Å². The molecule has 5 rings (SSSR count). The average molecular weight is 510 g/mol. The maximum absolute atomic E-state index is 13.6. The number of esters is 1. The van der Waals surface area contributed by atoms with Gasteiger partial charge in [-0.3, -0.25) is 14.2 Å². The number of aryl methyl sites for hydroxylation is 2. The molecule has 4 aromatic rings. The number of hydrogen-bond donors (Lipinski definition) is 1. The molecule has 3 aromatic heterocycles. The van der Waals surface area contributed by atoms with Crippen LogP contribution < -0.4 is 10.9 Å². The molecule has 0 fully saturated rings. The molecule has 0 spiro atoms. The van der Waals surface area contributed by atoms with Gasteiger partial charge >= 0.3 is 5.97 Å². The number of nitrogens with zero attached hydrogens (tertiary/aromatic N) is 2. The topological polar surface area (TPSA) is 103 Å². The molecule has 1 aliphatic rings. The Morgan fingerprint density at radius 1 is 1.20 bits per heavy atom. The summed E-state index contributed by atoms with van der Waals surface area (Å²) < 4.78 is 11.8. The van der Waals surface area contributed by atoms with Gasteiger partial charge in [0.1, 0.15) is 10.6 Å². The number of aromatic nitrogens is 2. The Hall–Kier alpha value is -3.37. The molecule has 0 saturated heterocycles. The summed E-state index contributed by atoms with van der Waals surface area (Å²) >= 11 is 2.80. The van der Waals surface area contributed by atoms with Crippen molar-refractivity contribution in [2.24, 2.45) is 0 Å². The van der Waals surface area contributed by atoms with Crippen molar-refractivity contribution in [2.45, 2.75) is 37.4 Å². The summed E-state index contributed by atoms with van der Waals surface area (Å²) in [5.41, 5.74) is 2.00. The van der Waals surface area contributed by atoms with Gasteiger partial charge in [-0.1, -0.05) is 11.8 Å². The highest BCUT2D eigenvalue weighted by atomic mass is 32.2. The van der Waals surface area contributed by atoms with Gasteiger partial charge in [-0.25, -0.2) is 9.78 Å². The molecule has 1 aromatic carbocycles. The van der Waals surface area contributed by atoms with Gasteiger partial charge in [0.25, 0.3) is 5.56 Å². The second kappa shape index (κ2) is 10.1. The molecule has 8 nitrogen and oxygen atoms in total. The number of benzene rings is 1. The Kier molecular flexibility index (Phi) is 6.74. The number of fused-ring (bicyclic) bond motifs is 3. The van der Waals surface area contributed by atoms with Crippen molar-refractivity contribution < 1.29 is 18.7 Å². The summed E-state index contributed by atoms with van der Waals surface area (Å²) in [4.78, 5) is 44.6. The molecule has 3 heterocycles. The summed E-state index contributed by atoms with van der Waals surface area (Å²) in [5.74, 6) is 0.0316. The summed E-state index contributed by atoms with van der Waals surface area (Å²) in [7, 11) is 1.32. The number of methoxy groups -OCH3 is 1. The van der Waals surface area contributed by atoms with Gasteiger partial charge in [-0.2, -0.15) is 0 Å². The first kappa shape index (κ1) is 23.4. The third kappa shape index (κ3) is 4.89. The Bertz CT molecular complexity index is 1440. The number of thiophene rings is 1. The summed E-state index contributed by atoms with van der Waals surface area (Å²) in [6.07, 6.45) is 5.66. The van der Waals surface area contributed by atoms with Crippen molar-refractivity contribution in [3.63, 3.8) is 0 Å². The fraction of sp³-hybridized carbons (Fsp3) is 0.280. The van der Waals surface area contributed by atoms with Crippen LogP contribution >= 0.6 is 23.1 Å². The minimum Gasteiger partial charge on any atom is -0.467 e. The van der Waals surface area contributed by atoms with Crippen LogP contribution in [0, 0.1) is 0 Å². The Labute approximate surface area is 209 Å². The number of nitrogens with one attached hydrogen (secondary N) is 1. The second-order valence-electron chi connectivity index (χ2n) is 8.16. The molecule has 0 aliphatic heterocycles. The summed E-state index contributed by atoms with van der Waals surface area (Å²) in [6, 6.07) is 10.1. The van der Waals surface area contributed by atoms with E-state index >= 15 is 0 Å². The van der Waals surface area contributed by atoms with E-state index in [9.17, 15) is 14.4 Å². The molecule has 0 bridgehead atoms. The first-order valence-electron chi connectivity index (χ1n) is 11.2. The fourth-order valence-electron chi connectivity index (χ4n) is 4.16. The zero-order chi connectivity index (χ0) is 24.4. The van der Waals surface area contributed by atoms with Crippen LogP contribution in [0.4, 0.5) is 5.69 Å². The second-order valence-corrected chi connectivity index (χ2v) is 10.2. The molecule has 0 unspecified atom stereocenters. The van der Waals surface area contributed by atoms with Gasteiger partial charge in [0.05, 0.1) is 36.6 Å². The molecule has 0 atom stereocenters. The van der Waals surface area contributed by atoms with E-state index in [0.29, 0.717) is 27.6 Å². The Morgan fingerprint density at radius 2 is 2.00 bits per heavy atom. The Morgan fingerprint density at radius 3 is 2.74 bits per heavy atom. The van der Waals surface area contributed by atoms with E-state index in [1.807, 2.05) is 6.07 Å². The van der Waals surface area contributed by atoms with Crippen LogP contribution in [0.2, 0.25) is 0 Å². The molecule has 1 N–H and O–H groups in total. The largest absolute Gasteiger partial charge is 0.467 e. The number of carbonyl (C=O) groups excluding carboxylic acids is 2. The van der Waals surface area contributed by atoms with Crippen molar-refractivity contribution in [2.75, 3.05) is 18.2 Å². The van der Waals surface area contributed by atoms with Crippen molar-refractivity contribution in [3.05, 3.63) is 74.8 Å². The van der Waals surface area contributed by atoms with E-state index in [1.54, 1.807) is 52.5 Å². The number of hydrogen-bond acceptors (Lipinski definition) is 8. The highest BCUT2D eigenvalue weighted by Crippen LogP contribution is 2.34. The fourth-order valence-corrected chi connectivity index (χ4v) is 6.26. The zero-order valence-corrected chi connectivity index (χ0v) is 20.7. The molecule has 180 valence electrons. The number of furan rings is 1. The third-order valence-electron chi connectivity index (χ3n) is 5.86.